The molecular weight excluding hydrogens is 326 g/mol. The minimum absolute atomic E-state index is 0.281. The van der Waals surface area contributed by atoms with Crippen molar-refractivity contribution in [1.82, 2.24) is 5.32 Å². The van der Waals surface area contributed by atoms with Crippen LogP contribution in [0.15, 0.2) is 22.7 Å². The summed E-state index contributed by atoms with van der Waals surface area (Å²) < 4.78 is 6.09. The van der Waals surface area contributed by atoms with E-state index in [2.05, 4.69) is 21.2 Å². The zero-order valence-electron chi connectivity index (χ0n) is 11.1. The topological polar surface area (TPSA) is 75.6 Å². The third kappa shape index (κ3) is 3.02. The average molecular weight is 342 g/mol. The van der Waals surface area contributed by atoms with E-state index in [4.69, 9.17) is 4.74 Å². The number of amides is 1. The summed E-state index contributed by atoms with van der Waals surface area (Å²) in [4.78, 5) is 23.7. The van der Waals surface area contributed by atoms with Gasteiger partial charge in [-0.15, -0.1) is 0 Å². The summed E-state index contributed by atoms with van der Waals surface area (Å²) >= 11 is 3.37. The van der Waals surface area contributed by atoms with Crippen LogP contribution in [0.25, 0.3) is 0 Å². The highest BCUT2D eigenvalue weighted by atomic mass is 79.9. The van der Waals surface area contributed by atoms with Crippen LogP contribution >= 0.6 is 15.9 Å². The Labute approximate surface area is 125 Å². The SMILES string of the molecule is Cc1cc(C(=O)NC2(C(=O)O)CCOCC2)ccc1Br. The lowest BCUT2D eigenvalue weighted by Crippen LogP contribution is -2.57. The summed E-state index contributed by atoms with van der Waals surface area (Å²) in [5, 5.41) is 12.1. The zero-order valence-corrected chi connectivity index (χ0v) is 12.7. The van der Waals surface area contributed by atoms with Crippen molar-refractivity contribution in [1.29, 1.82) is 0 Å². The Kier molecular flexibility index (Phi) is 4.45. The molecule has 0 radical (unpaired) electrons. The summed E-state index contributed by atoms with van der Waals surface area (Å²) in [7, 11) is 0. The van der Waals surface area contributed by atoms with Gasteiger partial charge in [-0.1, -0.05) is 15.9 Å². The third-order valence-electron chi connectivity index (χ3n) is 3.53. The van der Waals surface area contributed by atoms with Crippen molar-refractivity contribution in [3.63, 3.8) is 0 Å². The van der Waals surface area contributed by atoms with Crippen LogP contribution in [0.5, 0.6) is 0 Å². The van der Waals surface area contributed by atoms with Crippen molar-refractivity contribution in [3.8, 4) is 0 Å². The fourth-order valence-corrected chi connectivity index (χ4v) is 2.43. The Bertz CT molecular complexity index is 538. The van der Waals surface area contributed by atoms with Crippen LogP contribution < -0.4 is 5.32 Å². The quantitative estimate of drug-likeness (QED) is 0.882. The number of nitrogens with one attached hydrogen (secondary N) is 1. The van der Waals surface area contributed by atoms with Gasteiger partial charge in [0, 0.05) is 36.1 Å². The van der Waals surface area contributed by atoms with Gasteiger partial charge < -0.3 is 15.2 Å². The highest BCUT2D eigenvalue weighted by Gasteiger charge is 2.41. The molecule has 5 nitrogen and oxygen atoms in total. The third-order valence-corrected chi connectivity index (χ3v) is 4.42. The number of carboxylic acid groups (broad SMARTS) is 1. The van der Waals surface area contributed by atoms with Gasteiger partial charge in [-0.05, 0) is 30.7 Å². The minimum atomic E-state index is -1.23. The minimum Gasteiger partial charge on any atom is -0.480 e. The maximum absolute atomic E-state index is 12.3. The van der Waals surface area contributed by atoms with Gasteiger partial charge in [0.1, 0.15) is 5.54 Å². The molecule has 0 saturated carbocycles. The standard InChI is InChI=1S/C14H16BrNO4/c1-9-8-10(2-3-11(9)15)12(17)16-14(13(18)19)4-6-20-7-5-14/h2-3,8H,4-7H2,1H3,(H,16,17)(H,18,19). The lowest BCUT2D eigenvalue weighted by atomic mass is 9.89. The van der Waals surface area contributed by atoms with Crippen LogP contribution in [-0.2, 0) is 9.53 Å². The number of carbonyl (C=O) groups excluding carboxylic acids is 1. The number of rotatable bonds is 3. The molecule has 1 amide bonds. The number of benzene rings is 1. The highest BCUT2D eigenvalue weighted by Crippen LogP contribution is 2.23. The molecule has 0 unspecified atom stereocenters. The molecule has 1 heterocycles. The van der Waals surface area contributed by atoms with Crippen molar-refractivity contribution >= 4 is 27.8 Å². The van der Waals surface area contributed by atoms with Crippen molar-refractivity contribution in [2.45, 2.75) is 25.3 Å². The first-order valence-corrected chi connectivity index (χ1v) is 7.14. The Morgan fingerprint density at radius 1 is 1.35 bits per heavy atom. The van der Waals surface area contributed by atoms with E-state index >= 15 is 0 Å². The molecule has 1 aromatic carbocycles. The van der Waals surface area contributed by atoms with E-state index in [0.717, 1.165) is 10.0 Å². The second kappa shape index (κ2) is 5.93. The molecular formula is C14H16BrNO4. The van der Waals surface area contributed by atoms with E-state index in [-0.39, 0.29) is 18.7 Å². The van der Waals surface area contributed by atoms with Gasteiger partial charge in [-0.3, -0.25) is 4.79 Å². The fourth-order valence-electron chi connectivity index (χ4n) is 2.19. The van der Waals surface area contributed by atoms with Crippen molar-refractivity contribution in [3.05, 3.63) is 33.8 Å². The molecule has 2 rings (SSSR count). The van der Waals surface area contributed by atoms with Crippen molar-refractivity contribution < 1.29 is 19.4 Å². The number of halogens is 1. The number of aliphatic carboxylic acids is 1. The van der Waals surface area contributed by atoms with Gasteiger partial charge >= 0.3 is 5.97 Å². The first-order chi connectivity index (χ1) is 9.44. The van der Waals surface area contributed by atoms with Gasteiger partial charge in [0.05, 0.1) is 0 Å². The molecule has 0 aromatic heterocycles. The molecule has 1 aromatic rings. The Balaban J connectivity index is 2.20. The fraction of sp³-hybridized carbons (Fsp3) is 0.429. The van der Waals surface area contributed by atoms with Crippen LogP contribution in [0.2, 0.25) is 0 Å². The van der Waals surface area contributed by atoms with Gasteiger partial charge in [0.15, 0.2) is 0 Å². The van der Waals surface area contributed by atoms with Gasteiger partial charge in [-0.2, -0.15) is 0 Å². The van der Waals surface area contributed by atoms with Crippen LogP contribution in [0.3, 0.4) is 0 Å². The summed E-state index contributed by atoms with van der Waals surface area (Å²) in [6, 6.07) is 5.18. The lowest BCUT2D eigenvalue weighted by Gasteiger charge is -2.33. The summed E-state index contributed by atoms with van der Waals surface area (Å²) in [6.45, 7) is 2.56. The summed E-state index contributed by atoms with van der Waals surface area (Å²) in [5.74, 6) is -1.38. The van der Waals surface area contributed by atoms with E-state index in [9.17, 15) is 14.7 Å². The van der Waals surface area contributed by atoms with Crippen molar-refractivity contribution in [2.24, 2.45) is 0 Å². The molecule has 1 fully saturated rings. The molecule has 0 bridgehead atoms. The Morgan fingerprint density at radius 3 is 2.55 bits per heavy atom. The van der Waals surface area contributed by atoms with Crippen LogP contribution in [0, 0.1) is 6.92 Å². The van der Waals surface area contributed by atoms with E-state index < -0.39 is 11.5 Å². The van der Waals surface area contributed by atoms with E-state index in [1.165, 1.54) is 0 Å². The summed E-state index contributed by atoms with van der Waals surface area (Å²) in [6.07, 6.45) is 0.563. The maximum Gasteiger partial charge on any atom is 0.329 e. The molecule has 108 valence electrons. The lowest BCUT2D eigenvalue weighted by molar-refractivity contribution is -0.148. The predicted molar refractivity (Wildman–Crippen MR) is 76.8 cm³/mol. The molecule has 20 heavy (non-hydrogen) atoms. The highest BCUT2D eigenvalue weighted by molar-refractivity contribution is 9.10. The molecule has 0 aliphatic carbocycles. The maximum atomic E-state index is 12.3. The van der Waals surface area contributed by atoms with Crippen LogP contribution in [0.4, 0.5) is 0 Å². The van der Waals surface area contributed by atoms with E-state index in [1.54, 1.807) is 18.2 Å². The number of hydrogen-bond donors (Lipinski definition) is 2. The zero-order chi connectivity index (χ0) is 14.8. The van der Waals surface area contributed by atoms with Gasteiger partial charge in [0.2, 0.25) is 0 Å². The Morgan fingerprint density at radius 2 is 2.00 bits per heavy atom. The van der Waals surface area contributed by atoms with E-state index in [0.29, 0.717) is 18.8 Å². The van der Waals surface area contributed by atoms with Crippen LogP contribution in [0.1, 0.15) is 28.8 Å². The number of ether oxygens (including phenoxy) is 1. The normalized spacial score (nSPS) is 17.5. The molecule has 1 saturated heterocycles. The number of hydrogen-bond acceptors (Lipinski definition) is 3. The number of carboxylic acids is 1. The number of aryl methyl sites for hydroxylation is 1. The molecule has 6 heteroatoms. The largest absolute Gasteiger partial charge is 0.480 e. The first kappa shape index (κ1) is 15.0. The second-order valence-corrected chi connectivity index (χ2v) is 5.77. The molecule has 0 atom stereocenters. The Hall–Kier alpha value is -1.40. The average Bonchev–Trinajstić information content (AvgIpc) is 2.42. The van der Waals surface area contributed by atoms with Gasteiger partial charge in [0.25, 0.3) is 5.91 Å². The summed E-state index contributed by atoms with van der Waals surface area (Å²) in [5.41, 5.74) is 0.155. The van der Waals surface area contributed by atoms with Crippen molar-refractivity contribution in [2.75, 3.05) is 13.2 Å². The van der Waals surface area contributed by atoms with Gasteiger partial charge in [-0.25, -0.2) is 4.79 Å². The number of carbonyl (C=O) groups is 2. The van der Waals surface area contributed by atoms with Crippen LogP contribution in [-0.4, -0.2) is 35.7 Å². The molecule has 1 aliphatic rings. The molecule has 2 N–H and O–H groups in total. The van der Waals surface area contributed by atoms with E-state index in [1.807, 2.05) is 6.92 Å². The second-order valence-electron chi connectivity index (χ2n) is 4.92. The molecule has 0 spiro atoms. The smallest absolute Gasteiger partial charge is 0.329 e. The predicted octanol–water partition coefficient (Wildman–Crippen LogP) is 2.12. The molecule has 1 aliphatic heterocycles. The first-order valence-electron chi connectivity index (χ1n) is 6.34. The monoisotopic (exact) mass is 341 g/mol.